The molecule has 2 heterocycles. The van der Waals surface area contributed by atoms with E-state index in [0.717, 1.165) is 0 Å². The molecule has 0 spiro atoms. The van der Waals surface area contributed by atoms with Crippen LogP contribution in [0.25, 0.3) is 0 Å². The second kappa shape index (κ2) is 3.43. The van der Waals surface area contributed by atoms with Gasteiger partial charge in [-0.3, -0.25) is 4.79 Å². The summed E-state index contributed by atoms with van der Waals surface area (Å²) in [5.41, 5.74) is 0. The smallest absolute Gasteiger partial charge is 0.313 e. The maximum absolute atomic E-state index is 11.5. The van der Waals surface area contributed by atoms with Crippen LogP contribution in [-0.2, 0) is 14.3 Å². The molecule has 0 aliphatic carbocycles. The van der Waals surface area contributed by atoms with Gasteiger partial charge in [0, 0.05) is 0 Å². The Bertz CT molecular complexity index is 318. The highest BCUT2D eigenvalue weighted by molar-refractivity contribution is 5.75. The molecule has 0 amide bonds. The van der Waals surface area contributed by atoms with Crippen molar-refractivity contribution in [2.75, 3.05) is 6.61 Å². The van der Waals surface area contributed by atoms with E-state index >= 15 is 0 Å². The first-order valence-corrected chi connectivity index (χ1v) is 4.68. The molecule has 4 unspecified atom stereocenters. The highest BCUT2D eigenvalue weighted by Gasteiger charge is 2.50. The monoisotopic (exact) mass is 193 g/mol. The van der Waals surface area contributed by atoms with Gasteiger partial charge in [-0.1, -0.05) is 12.2 Å². The Hall–Kier alpha value is -1.34. The van der Waals surface area contributed by atoms with Crippen LogP contribution in [0.15, 0.2) is 12.2 Å². The topological polar surface area (TPSA) is 59.3 Å². The number of carbonyl (C=O) groups excluding carboxylic acids is 1. The SMILES string of the molecule is CCOC(=O)C1C2C=CC(O2)C1C#N. The summed E-state index contributed by atoms with van der Waals surface area (Å²) < 4.78 is 10.3. The summed E-state index contributed by atoms with van der Waals surface area (Å²) >= 11 is 0. The summed E-state index contributed by atoms with van der Waals surface area (Å²) in [5, 5.41) is 8.90. The van der Waals surface area contributed by atoms with E-state index in [0.29, 0.717) is 6.61 Å². The number of ether oxygens (including phenoxy) is 2. The average molecular weight is 193 g/mol. The molecule has 0 N–H and O–H groups in total. The first kappa shape index (κ1) is 9.22. The van der Waals surface area contributed by atoms with Crippen molar-refractivity contribution in [3.8, 4) is 6.07 Å². The first-order valence-electron chi connectivity index (χ1n) is 4.68. The molecular weight excluding hydrogens is 182 g/mol. The molecule has 2 aliphatic rings. The van der Waals surface area contributed by atoms with Crippen molar-refractivity contribution in [3.05, 3.63) is 12.2 Å². The van der Waals surface area contributed by atoms with Gasteiger partial charge in [0.2, 0.25) is 0 Å². The molecule has 14 heavy (non-hydrogen) atoms. The maximum atomic E-state index is 11.5. The summed E-state index contributed by atoms with van der Waals surface area (Å²) in [4.78, 5) is 11.5. The van der Waals surface area contributed by atoms with Gasteiger partial charge in [-0.15, -0.1) is 0 Å². The largest absolute Gasteiger partial charge is 0.466 e. The lowest BCUT2D eigenvalue weighted by Crippen LogP contribution is -2.31. The van der Waals surface area contributed by atoms with Crippen LogP contribution in [0.2, 0.25) is 0 Å². The summed E-state index contributed by atoms with van der Waals surface area (Å²) in [6.07, 6.45) is 3.19. The number of hydrogen-bond acceptors (Lipinski definition) is 4. The normalized spacial score (nSPS) is 38.3. The van der Waals surface area contributed by atoms with E-state index in [1.54, 1.807) is 6.92 Å². The van der Waals surface area contributed by atoms with Crippen molar-refractivity contribution in [1.29, 1.82) is 5.26 Å². The van der Waals surface area contributed by atoms with Gasteiger partial charge in [0.25, 0.3) is 0 Å². The van der Waals surface area contributed by atoms with E-state index in [1.807, 2.05) is 12.2 Å². The fourth-order valence-electron chi connectivity index (χ4n) is 1.98. The van der Waals surface area contributed by atoms with E-state index in [2.05, 4.69) is 6.07 Å². The summed E-state index contributed by atoms with van der Waals surface area (Å²) in [7, 11) is 0. The Morgan fingerprint density at radius 3 is 2.93 bits per heavy atom. The molecule has 0 radical (unpaired) electrons. The van der Waals surface area contributed by atoms with Crippen molar-refractivity contribution in [2.24, 2.45) is 11.8 Å². The van der Waals surface area contributed by atoms with Gasteiger partial charge in [0.05, 0.1) is 30.8 Å². The molecule has 2 bridgehead atoms. The molecule has 1 fully saturated rings. The van der Waals surface area contributed by atoms with Crippen molar-refractivity contribution >= 4 is 5.97 Å². The third kappa shape index (κ3) is 1.21. The molecular formula is C10H11NO3. The van der Waals surface area contributed by atoms with Gasteiger partial charge in [-0.05, 0) is 6.92 Å². The molecule has 0 aromatic rings. The Balaban J connectivity index is 2.15. The predicted octanol–water partition coefficient (Wildman–Crippen LogP) is 0.643. The molecule has 0 aromatic heterocycles. The van der Waals surface area contributed by atoms with Crippen molar-refractivity contribution in [2.45, 2.75) is 19.1 Å². The van der Waals surface area contributed by atoms with Crippen molar-refractivity contribution in [1.82, 2.24) is 0 Å². The third-order valence-electron chi connectivity index (χ3n) is 2.61. The molecule has 4 atom stereocenters. The highest BCUT2D eigenvalue weighted by Crippen LogP contribution is 2.39. The Labute approximate surface area is 82.1 Å². The first-order chi connectivity index (χ1) is 6.77. The standard InChI is InChI=1S/C10H11NO3/c1-2-13-10(12)9-6(5-11)7-3-4-8(9)14-7/h3-4,6-9H,2H2,1H3. The Morgan fingerprint density at radius 2 is 2.29 bits per heavy atom. The molecule has 2 rings (SSSR count). The van der Waals surface area contributed by atoms with Gasteiger partial charge in [-0.25, -0.2) is 0 Å². The van der Waals surface area contributed by atoms with E-state index in [9.17, 15) is 4.79 Å². The van der Waals surface area contributed by atoms with Crippen LogP contribution in [0.4, 0.5) is 0 Å². The molecule has 1 saturated heterocycles. The zero-order valence-corrected chi connectivity index (χ0v) is 7.84. The van der Waals surface area contributed by atoms with Gasteiger partial charge in [0.15, 0.2) is 0 Å². The Morgan fingerprint density at radius 1 is 1.57 bits per heavy atom. The molecule has 4 nitrogen and oxygen atoms in total. The summed E-state index contributed by atoms with van der Waals surface area (Å²) in [6.45, 7) is 2.10. The van der Waals surface area contributed by atoms with E-state index < -0.39 is 5.92 Å². The van der Waals surface area contributed by atoms with Crippen molar-refractivity contribution < 1.29 is 14.3 Å². The van der Waals surface area contributed by atoms with Crippen LogP contribution < -0.4 is 0 Å². The van der Waals surface area contributed by atoms with E-state index in [-0.39, 0.29) is 24.1 Å². The Kier molecular flexibility index (Phi) is 2.26. The molecule has 74 valence electrons. The average Bonchev–Trinajstić information content (AvgIpc) is 2.76. The zero-order chi connectivity index (χ0) is 10.1. The molecule has 4 heteroatoms. The molecule has 2 aliphatic heterocycles. The lowest BCUT2D eigenvalue weighted by Gasteiger charge is -2.17. The number of nitriles is 1. The number of carbonyl (C=O) groups is 1. The minimum atomic E-state index is -0.435. The summed E-state index contributed by atoms with van der Waals surface area (Å²) in [5.74, 6) is -1.14. The molecule has 0 saturated carbocycles. The minimum absolute atomic E-state index is 0.223. The van der Waals surface area contributed by atoms with Gasteiger partial charge in [-0.2, -0.15) is 5.26 Å². The van der Waals surface area contributed by atoms with E-state index in [1.165, 1.54) is 0 Å². The second-order valence-electron chi connectivity index (χ2n) is 3.38. The van der Waals surface area contributed by atoms with Crippen LogP contribution in [0.3, 0.4) is 0 Å². The van der Waals surface area contributed by atoms with E-state index in [4.69, 9.17) is 14.7 Å². The number of esters is 1. The number of fused-ring (bicyclic) bond motifs is 2. The maximum Gasteiger partial charge on any atom is 0.313 e. The van der Waals surface area contributed by atoms with Crippen LogP contribution in [-0.4, -0.2) is 24.8 Å². The van der Waals surface area contributed by atoms with Crippen molar-refractivity contribution in [3.63, 3.8) is 0 Å². The van der Waals surface area contributed by atoms with Crippen LogP contribution in [0.1, 0.15) is 6.92 Å². The second-order valence-corrected chi connectivity index (χ2v) is 3.38. The zero-order valence-electron chi connectivity index (χ0n) is 7.84. The van der Waals surface area contributed by atoms with Crippen LogP contribution >= 0.6 is 0 Å². The lowest BCUT2D eigenvalue weighted by molar-refractivity contribution is -0.149. The third-order valence-corrected chi connectivity index (χ3v) is 2.61. The van der Waals surface area contributed by atoms with Crippen LogP contribution in [0, 0.1) is 23.2 Å². The molecule has 0 aromatic carbocycles. The summed E-state index contributed by atoms with van der Waals surface area (Å²) in [6, 6.07) is 2.11. The number of hydrogen-bond donors (Lipinski definition) is 0. The predicted molar refractivity (Wildman–Crippen MR) is 47.0 cm³/mol. The van der Waals surface area contributed by atoms with Gasteiger partial charge in [0.1, 0.15) is 5.92 Å². The quantitative estimate of drug-likeness (QED) is 0.477. The fraction of sp³-hybridized carbons (Fsp3) is 0.600. The van der Waals surface area contributed by atoms with Crippen LogP contribution in [0.5, 0.6) is 0 Å². The minimum Gasteiger partial charge on any atom is -0.466 e. The van der Waals surface area contributed by atoms with Gasteiger partial charge < -0.3 is 9.47 Å². The highest BCUT2D eigenvalue weighted by atomic mass is 16.5. The number of rotatable bonds is 2. The number of nitrogens with zero attached hydrogens (tertiary/aromatic N) is 1. The fourth-order valence-corrected chi connectivity index (χ4v) is 1.98. The van der Waals surface area contributed by atoms with Gasteiger partial charge >= 0.3 is 5.97 Å². The lowest BCUT2D eigenvalue weighted by atomic mass is 9.84.